The first-order valence-corrected chi connectivity index (χ1v) is 13.0. The van der Waals surface area contributed by atoms with Crippen LogP contribution in [-0.4, -0.2) is 61.0 Å². The van der Waals surface area contributed by atoms with Gasteiger partial charge in [-0.2, -0.15) is 4.98 Å². The third kappa shape index (κ3) is 4.61. The highest BCUT2D eigenvalue weighted by Gasteiger charge is 2.30. The molecule has 0 spiro atoms. The summed E-state index contributed by atoms with van der Waals surface area (Å²) in [6.45, 7) is 12.2. The molecule has 0 bridgehead atoms. The van der Waals surface area contributed by atoms with Crippen LogP contribution in [0.3, 0.4) is 0 Å². The van der Waals surface area contributed by atoms with Crippen molar-refractivity contribution in [2.75, 3.05) is 24.5 Å². The zero-order chi connectivity index (χ0) is 28.7. The van der Waals surface area contributed by atoms with E-state index in [1.54, 1.807) is 17.9 Å². The van der Waals surface area contributed by atoms with Gasteiger partial charge < -0.3 is 9.80 Å². The Morgan fingerprint density at radius 1 is 1.12 bits per heavy atom. The zero-order valence-corrected chi connectivity index (χ0v) is 22.7. The van der Waals surface area contributed by atoms with Crippen LogP contribution in [0.1, 0.15) is 38.1 Å². The molecule has 206 valence electrons. The van der Waals surface area contributed by atoms with Crippen molar-refractivity contribution in [1.82, 2.24) is 29.4 Å². The monoisotopic (exact) mass is 545 g/mol. The molecule has 0 saturated carbocycles. The predicted molar refractivity (Wildman–Crippen MR) is 148 cm³/mol. The van der Waals surface area contributed by atoms with Crippen LogP contribution in [0.25, 0.3) is 28.0 Å². The standard InChI is InChI=1S/C29H29F2N7O2/c1-6-23(39)36-11-12-37(17(4)14-36)27-20-13-22(31)25(19-9-7-8-10-21(19)30)34-28(20)38(29(40)35-27)26-18(5)32-15-33-24(26)16(2)3/h6-10,13,15-17H,1,11-12,14H2,2-5H3/t17-/m0/s1. The number of carbonyl (C=O) groups excluding carboxylic acids is 1. The largest absolute Gasteiger partial charge is 0.355 e. The summed E-state index contributed by atoms with van der Waals surface area (Å²) in [5.74, 6) is -1.44. The number of carbonyl (C=O) groups is 1. The highest BCUT2D eigenvalue weighted by Crippen LogP contribution is 2.33. The Kier molecular flexibility index (Phi) is 7.14. The Bertz CT molecular complexity index is 1700. The van der Waals surface area contributed by atoms with Gasteiger partial charge in [0.05, 0.1) is 22.5 Å². The van der Waals surface area contributed by atoms with Crippen molar-refractivity contribution in [2.24, 2.45) is 0 Å². The van der Waals surface area contributed by atoms with Crippen LogP contribution >= 0.6 is 0 Å². The number of anilines is 1. The molecule has 0 aliphatic carbocycles. The third-order valence-corrected chi connectivity index (χ3v) is 7.12. The number of aryl methyl sites for hydroxylation is 1. The fourth-order valence-electron chi connectivity index (χ4n) is 5.15. The van der Waals surface area contributed by atoms with E-state index >= 15 is 4.39 Å². The normalized spacial score (nSPS) is 15.6. The second-order valence-electron chi connectivity index (χ2n) is 10.1. The minimum atomic E-state index is -0.760. The molecule has 5 rings (SSSR count). The zero-order valence-electron chi connectivity index (χ0n) is 22.7. The Labute approximate surface area is 229 Å². The summed E-state index contributed by atoms with van der Waals surface area (Å²) in [6.07, 6.45) is 2.68. The summed E-state index contributed by atoms with van der Waals surface area (Å²) in [5.41, 5.74) is 0.692. The Balaban J connectivity index is 1.81. The molecule has 1 aromatic carbocycles. The van der Waals surface area contributed by atoms with Gasteiger partial charge in [0.1, 0.15) is 29.5 Å². The van der Waals surface area contributed by atoms with Crippen LogP contribution in [0.5, 0.6) is 0 Å². The van der Waals surface area contributed by atoms with Gasteiger partial charge in [0.2, 0.25) is 5.91 Å². The first-order valence-electron chi connectivity index (χ1n) is 13.0. The van der Waals surface area contributed by atoms with Crippen molar-refractivity contribution in [3.8, 4) is 16.9 Å². The number of amides is 1. The number of benzene rings is 1. The van der Waals surface area contributed by atoms with Crippen molar-refractivity contribution in [3.63, 3.8) is 0 Å². The molecule has 11 heteroatoms. The summed E-state index contributed by atoms with van der Waals surface area (Å²) in [4.78, 5) is 47.3. The van der Waals surface area contributed by atoms with E-state index in [1.165, 1.54) is 41.2 Å². The maximum absolute atomic E-state index is 15.7. The fraction of sp³-hybridized carbons (Fsp3) is 0.310. The molecule has 1 atom stereocenters. The molecule has 1 aliphatic rings. The maximum Gasteiger partial charge on any atom is 0.355 e. The van der Waals surface area contributed by atoms with Crippen molar-refractivity contribution in [2.45, 2.75) is 39.7 Å². The van der Waals surface area contributed by atoms with Gasteiger partial charge >= 0.3 is 5.69 Å². The quantitative estimate of drug-likeness (QED) is 0.347. The Morgan fingerprint density at radius 3 is 2.55 bits per heavy atom. The minimum Gasteiger partial charge on any atom is -0.350 e. The summed E-state index contributed by atoms with van der Waals surface area (Å²) in [7, 11) is 0. The van der Waals surface area contributed by atoms with Gasteiger partial charge in [0.25, 0.3) is 0 Å². The van der Waals surface area contributed by atoms with E-state index in [0.717, 1.165) is 0 Å². The van der Waals surface area contributed by atoms with Crippen molar-refractivity contribution >= 4 is 22.8 Å². The van der Waals surface area contributed by atoms with Crippen LogP contribution in [0.15, 0.2) is 54.1 Å². The van der Waals surface area contributed by atoms with Crippen molar-refractivity contribution in [3.05, 3.63) is 82.8 Å². The lowest BCUT2D eigenvalue weighted by atomic mass is 10.1. The molecule has 1 fully saturated rings. The summed E-state index contributed by atoms with van der Waals surface area (Å²) < 4.78 is 31.8. The number of nitrogens with zero attached hydrogens (tertiary/aromatic N) is 7. The van der Waals surface area contributed by atoms with Gasteiger partial charge in [-0.3, -0.25) is 4.79 Å². The molecule has 1 aliphatic heterocycles. The Morgan fingerprint density at radius 2 is 1.88 bits per heavy atom. The summed E-state index contributed by atoms with van der Waals surface area (Å²) in [6, 6.07) is 6.75. The summed E-state index contributed by atoms with van der Waals surface area (Å²) in [5, 5.41) is 0.269. The van der Waals surface area contributed by atoms with E-state index in [1.807, 2.05) is 25.7 Å². The number of fused-ring (bicyclic) bond motifs is 1. The van der Waals surface area contributed by atoms with E-state index in [-0.39, 0.29) is 46.0 Å². The lowest BCUT2D eigenvalue weighted by Gasteiger charge is -2.40. The lowest BCUT2D eigenvalue weighted by Crippen LogP contribution is -2.54. The van der Waals surface area contributed by atoms with Crippen LogP contribution in [0.2, 0.25) is 0 Å². The molecule has 3 aromatic heterocycles. The maximum atomic E-state index is 15.7. The first kappa shape index (κ1) is 27.0. The molecule has 0 unspecified atom stereocenters. The number of hydrogen-bond acceptors (Lipinski definition) is 7. The van der Waals surface area contributed by atoms with Crippen molar-refractivity contribution in [1.29, 1.82) is 0 Å². The first-order chi connectivity index (χ1) is 19.1. The highest BCUT2D eigenvalue weighted by atomic mass is 19.1. The average Bonchev–Trinajstić information content (AvgIpc) is 2.93. The average molecular weight is 546 g/mol. The van der Waals surface area contributed by atoms with Gasteiger partial charge in [0.15, 0.2) is 5.65 Å². The molecular weight excluding hydrogens is 516 g/mol. The van der Waals surface area contributed by atoms with Crippen molar-refractivity contribution < 1.29 is 13.6 Å². The van der Waals surface area contributed by atoms with Gasteiger partial charge in [-0.1, -0.05) is 32.6 Å². The predicted octanol–water partition coefficient (Wildman–Crippen LogP) is 4.17. The van der Waals surface area contributed by atoms with E-state index in [2.05, 4.69) is 26.5 Å². The van der Waals surface area contributed by atoms with E-state index in [9.17, 15) is 14.0 Å². The van der Waals surface area contributed by atoms with Crippen LogP contribution in [-0.2, 0) is 4.79 Å². The van der Waals surface area contributed by atoms with Crippen LogP contribution in [0.4, 0.5) is 14.6 Å². The van der Waals surface area contributed by atoms with Crippen LogP contribution in [0, 0.1) is 18.6 Å². The van der Waals surface area contributed by atoms with Gasteiger partial charge in [0, 0.05) is 31.2 Å². The van der Waals surface area contributed by atoms with E-state index in [4.69, 9.17) is 0 Å². The minimum absolute atomic E-state index is 0.0331. The van der Waals surface area contributed by atoms with Crippen LogP contribution < -0.4 is 10.6 Å². The second kappa shape index (κ2) is 10.6. The molecule has 1 amide bonds. The van der Waals surface area contributed by atoms with E-state index < -0.39 is 17.3 Å². The number of rotatable bonds is 5. The number of aromatic nitrogens is 5. The number of piperazine rings is 1. The molecule has 1 saturated heterocycles. The lowest BCUT2D eigenvalue weighted by molar-refractivity contribution is -0.126. The Hall–Kier alpha value is -4.54. The number of hydrogen-bond donors (Lipinski definition) is 0. The molecule has 0 N–H and O–H groups in total. The van der Waals surface area contributed by atoms with Gasteiger partial charge in [-0.05, 0) is 44.0 Å². The molecule has 4 aromatic rings. The van der Waals surface area contributed by atoms with Gasteiger partial charge in [-0.15, -0.1) is 0 Å². The topological polar surface area (TPSA) is 97.1 Å². The van der Waals surface area contributed by atoms with Gasteiger partial charge in [-0.25, -0.2) is 33.1 Å². The third-order valence-electron chi connectivity index (χ3n) is 7.12. The smallest absolute Gasteiger partial charge is 0.350 e. The number of pyridine rings is 1. The highest BCUT2D eigenvalue weighted by molar-refractivity contribution is 5.91. The van der Waals surface area contributed by atoms with E-state index in [0.29, 0.717) is 36.7 Å². The molecular formula is C29H29F2N7O2. The molecule has 0 radical (unpaired) electrons. The fourth-order valence-corrected chi connectivity index (χ4v) is 5.15. The number of halogens is 2. The summed E-state index contributed by atoms with van der Waals surface area (Å²) >= 11 is 0. The SMILES string of the molecule is C=CC(=O)N1CCN(c2nc(=O)n(-c3c(C)ncnc3C(C)C)c3nc(-c4ccccc4F)c(F)cc23)[C@@H](C)C1. The molecule has 9 nitrogen and oxygen atoms in total. The second-order valence-corrected chi connectivity index (χ2v) is 10.1. The molecule has 4 heterocycles. The molecule has 40 heavy (non-hydrogen) atoms.